The highest BCUT2D eigenvalue weighted by Crippen LogP contribution is 2.27. The lowest BCUT2D eigenvalue weighted by atomic mass is 9.97. The Balaban J connectivity index is 2.20. The second-order valence-corrected chi connectivity index (χ2v) is 2.17. The highest BCUT2D eigenvalue weighted by Gasteiger charge is 2.27. The number of alkyl halides is 2. The molecular formula is C4H6ClF. The summed E-state index contributed by atoms with van der Waals surface area (Å²) in [4.78, 5) is 0. The van der Waals surface area contributed by atoms with Crippen LogP contribution in [0.2, 0.25) is 0 Å². The highest BCUT2D eigenvalue weighted by molar-refractivity contribution is 6.21. The summed E-state index contributed by atoms with van der Waals surface area (Å²) in [5, 5.41) is -0.162. The SMILES string of the molecule is F[C@H]1CC[C@H]1Cl. The van der Waals surface area contributed by atoms with Crippen LogP contribution in [0.5, 0.6) is 0 Å². The summed E-state index contributed by atoms with van der Waals surface area (Å²) in [7, 11) is 0. The molecule has 1 rings (SSSR count). The van der Waals surface area contributed by atoms with Crippen LogP contribution in [-0.4, -0.2) is 11.5 Å². The Hall–Kier alpha value is 0.220. The highest BCUT2D eigenvalue weighted by atomic mass is 35.5. The number of rotatable bonds is 0. The number of hydrogen-bond donors (Lipinski definition) is 0. The van der Waals surface area contributed by atoms with E-state index in [1.165, 1.54) is 0 Å². The number of halogens is 2. The zero-order chi connectivity index (χ0) is 4.57. The van der Waals surface area contributed by atoms with E-state index in [9.17, 15) is 4.39 Å². The van der Waals surface area contributed by atoms with Gasteiger partial charge in [0.1, 0.15) is 6.17 Å². The van der Waals surface area contributed by atoms with Crippen LogP contribution in [0.1, 0.15) is 12.8 Å². The van der Waals surface area contributed by atoms with Crippen molar-refractivity contribution in [3.05, 3.63) is 0 Å². The predicted octanol–water partition coefficient (Wildman–Crippen LogP) is 1.73. The molecule has 0 bridgehead atoms. The van der Waals surface area contributed by atoms with E-state index >= 15 is 0 Å². The molecule has 0 heterocycles. The van der Waals surface area contributed by atoms with E-state index in [4.69, 9.17) is 11.6 Å². The summed E-state index contributed by atoms with van der Waals surface area (Å²) >= 11 is 5.32. The average Bonchev–Trinajstić information content (AvgIpc) is 1.61. The summed E-state index contributed by atoms with van der Waals surface area (Å²) in [6.45, 7) is 0. The molecule has 1 aliphatic carbocycles. The number of hydrogen-bond acceptors (Lipinski definition) is 0. The van der Waals surface area contributed by atoms with Crippen molar-refractivity contribution in [2.45, 2.75) is 24.4 Å². The largest absolute Gasteiger partial charge is 0.246 e. The van der Waals surface area contributed by atoms with Crippen molar-refractivity contribution in [3.63, 3.8) is 0 Å². The zero-order valence-electron chi connectivity index (χ0n) is 3.32. The van der Waals surface area contributed by atoms with Crippen LogP contribution in [0.4, 0.5) is 4.39 Å². The first-order chi connectivity index (χ1) is 2.80. The fraction of sp³-hybridized carbons (Fsp3) is 1.00. The minimum atomic E-state index is -0.702. The third-order valence-electron chi connectivity index (χ3n) is 1.11. The Bertz CT molecular complexity index is 47.5. The molecule has 1 saturated carbocycles. The van der Waals surface area contributed by atoms with Crippen LogP contribution in [0.3, 0.4) is 0 Å². The van der Waals surface area contributed by atoms with Gasteiger partial charge in [-0.2, -0.15) is 0 Å². The molecule has 2 heteroatoms. The predicted molar refractivity (Wildman–Crippen MR) is 23.8 cm³/mol. The van der Waals surface area contributed by atoms with E-state index in [1.807, 2.05) is 0 Å². The Labute approximate surface area is 41.3 Å². The maximum absolute atomic E-state index is 11.8. The van der Waals surface area contributed by atoms with Gasteiger partial charge in [0.05, 0.1) is 5.38 Å². The van der Waals surface area contributed by atoms with Crippen LogP contribution in [0, 0.1) is 0 Å². The van der Waals surface area contributed by atoms with Gasteiger partial charge in [-0.3, -0.25) is 0 Å². The van der Waals surface area contributed by atoms with Gasteiger partial charge in [-0.25, -0.2) is 4.39 Å². The summed E-state index contributed by atoms with van der Waals surface area (Å²) < 4.78 is 11.8. The van der Waals surface area contributed by atoms with Gasteiger partial charge in [0.25, 0.3) is 0 Å². The van der Waals surface area contributed by atoms with Crippen molar-refractivity contribution in [1.82, 2.24) is 0 Å². The molecule has 0 spiro atoms. The van der Waals surface area contributed by atoms with Crippen molar-refractivity contribution in [3.8, 4) is 0 Å². The molecule has 1 fully saturated rings. The summed E-state index contributed by atoms with van der Waals surface area (Å²) in [6.07, 6.45) is 0.836. The van der Waals surface area contributed by atoms with Gasteiger partial charge in [0.2, 0.25) is 0 Å². The lowest BCUT2D eigenvalue weighted by molar-refractivity contribution is 0.218. The molecule has 1 aliphatic rings. The molecule has 2 atom stereocenters. The van der Waals surface area contributed by atoms with Gasteiger partial charge in [-0.05, 0) is 12.8 Å². The second-order valence-electron chi connectivity index (χ2n) is 1.61. The van der Waals surface area contributed by atoms with Crippen LogP contribution < -0.4 is 0 Å². The molecule has 0 aromatic carbocycles. The van der Waals surface area contributed by atoms with Gasteiger partial charge in [-0.15, -0.1) is 11.6 Å². The molecule has 0 unspecified atom stereocenters. The first-order valence-corrected chi connectivity index (χ1v) is 2.52. The minimum absolute atomic E-state index is 0.162. The molecule has 0 N–H and O–H groups in total. The van der Waals surface area contributed by atoms with Crippen LogP contribution in [0.15, 0.2) is 0 Å². The quantitative estimate of drug-likeness (QED) is 0.415. The maximum atomic E-state index is 11.8. The van der Waals surface area contributed by atoms with E-state index in [-0.39, 0.29) is 5.38 Å². The smallest absolute Gasteiger partial charge is 0.116 e. The minimum Gasteiger partial charge on any atom is -0.246 e. The Morgan fingerprint density at radius 2 is 2.00 bits per heavy atom. The standard InChI is InChI=1S/C4H6ClF/c5-3-1-2-4(3)6/h3-4H,1-2H2/t3-,4+/m1/s1. The molecule has 36 valence electrons. The normalized spacial score (nSPS) is 45.0. The van der Waals surface area contributed by atoms with Crippen molar-refractivity contribution >= 4 is 11.6 Å². The second kappa shape index (κ2) is 1.38. The van der Waals surface area contributed by atoms with E-state index in [2.05, 4.69) is 0 Å². The molecular weight excluding hydrogens is 102 g/mol. The van der Waals surface area contributed by atoms with Gasteiger partial charge < -0.3 is 0 Å². The molecule has 0 saturated heterocycles. The first-order valence-electron chi connectivity index (χ1n) is 2.09. The van der Waals surface area contributed by atoms with Crippen LogP contribution in [0.25, 0.3) is 0 Å². The summed E-state index contributed by atoms with van der Waals surface area (Å²) in [6, 6.07) is 0. The Morgan fingerprint density at radius 1 is 1.50 bits per heavy atom. The summed E-state index contributed by atoms with van der Waals surface area (Å²) in [5.41, 5.74) is 0. The Morgan fingerprint density at radius 3 is 2.00 bits per heavy atom. The topological polar surface area (TPSA) is 0 Å². The first kappa shape index (κ1) is 4.38. The third-order valence-corrected chi connectivity index (χ3v) is 1.60. The van der Waals surface area contributed by atoms with Crippen molar-refractivity contribution in [2.75, 3.05) is 0 Å². The lowest BCUT2D eigenvalue weighted by Crippen LogP contribution is -2.27. The molecule has 6 heavy (non-hydrogen) atoms. The van der Waals surface area contributed by atoms with E-state index in [0.29, 0.717) is 6.42 Å². The fourth-order valence-corrected chi connectivity index (χ4v) is 0.671. The summed E-state index contributed by atoms with van der Waals surface area (Å²) in [5.74, 6) is 0. The average molecular weight is 109 g/mol. The monoisotopic (exact) mass is 108 g/mol. The van der Waals surface area contributed by atoms with E-state index in [0.717, 1.165) is 6.42 Å². The maximum Gasteiger partial charge on any atom is 0.116 e. The molecule has 0 aromatic rings. The van der Waals surface area contributed by atoms with Gasteiger partial charge in [-0.1, -0.05) is 0 Å². The van der Waals surface area contributed by atoms with Gasteiger partial charge in [0.15, 0.2) is 0 Å². The van der Waals surface area contributed by atoms with Crippen LogP contribution >= 0.6 is 11.6 Å². The Kier molecular flexibility index (Phi) is 1.00. The molecule has 0 aliphatic heterocycles. The third kappa shape index (κ3) is 0.515. The molecule has 0 radical (unpaired) electrons. The van der Waals surface area contributed by atoms with Crippen molar-refractivity contribution in [1.29, 1.82) is 0 Å². The molecule has 0 aromatic heterocycles. The molecule has 0 amide bonds. The molecule has 0 nitrogen and oxygen atoms in total. The van der Waals surface area contributed by atoms with Gasteiger partial charge >= 0.3 is 0 Å². The van der Waals surface area contributed by atoms with Gasteiger partial charge in [0, 0.05) is 0 Å². The fourth-order valence-electron chi connectivity index (χ4n) is 0.419. The van der Waals surface area contributed by atoms with E-state index in [1.54, 1.807) is 0 Å². The van der Waals surface area contributed by atoms with E-state index < -0.39 is 6.17 Å². The lowest BCUT2D eigenvalue weighted by Gasteiger charge is -2.23. The van der Waals surface area contributed by atoms with Crippen molar-refractivity contribution in [2.24, 2.45) is 0 Å². The van der Waals surface area contributed by atoms with Crippen LogP contribution in [-0.2, 0) is 0 Å². The van der Waals surface area contributed by atoms with Crippen molar-refractivity contribution < 1.29 is 4.39 Å². The zero-order valence-corrected chi connectivity index (χ0v) is 4.08.